The molecule has 0 heterocycles. The summed E-state index contributed by atoms with van der Waals surface area (Å²) in [5, 5.41) is 18.1. The van der Waals surface area contributed by atoms with E-state index in [9.17, 15) is 14.7 Å². The molecule has 0 saturated carbocycles. The fourth-order valence-electron chi connectivity index (χ4n) is 1.53. The Morgan fingerprint density at radius 2 is 2.06 bits per heavy atom. The van der Waals surface area contributed by atoms with Crippen LogP contribution in [0.15, 0.2) is 0 Å². The molecule has 1 unspecified atom stereocenters. The second-order valence-corrected chi connectivity index (χ2v) is 9.36. The van der Waals surface area contributed by atoms with E-state index in [1.165, 1.54) is 4.90 Å². The number of nitrogens with zero attached hydrogens (tertiary/aromatic N) is 1. The van der Waals surface area contributed by atoms with Crippen molar-refractivity contribution in [3.63, 3.8) is 0 Å². The van der Waals surface area contributed by atoms with Gasteiger partial charge in [0.15, 0.2) is 8.32 Å². The van der Waals surface area contributed by atoms with Crippen molar-refractivity contribution >= 4 is 14.3 Å². The summed E-state index contributed by atoms with van der Waals surface area (Å²) in [6, 6.07) is 0.780. The van der Waals surface area contributed by atoms with Crippen LogP contribution in [0.25, 0.3) is 0 Å². The zero-order valence-corrected chi connectivity index (χ0v) is 12.4. The molecule has 0 fully saturated rings. The monoisotopic (exact) mass is 279 g/mol. The minimum Gasteiger partial charge on any atom is -0.480 e. The Labute approximate surface area is 109 Å². The molecule has 108 valence electrons. The predicted octanol–water partition coefficient (Wildman–Crippen LogP) is -0.0322. The van der Waals surface area contributed by atoms with Crippen LogP contribution in [0.1, 0.15) is 6.42 Å². The highest BCUT2D eigenvalue weighted by Crippen LogP contribution is 2.07. The standard InChI is InChI=1S/C11H25NO5Si/c1-12(8-11(14)15)7-10(13)9-17-5-4-6-18(2,3)16/h10,13,16H,4-9H2,1-3H3,(H,14,15). The summed E-state index contributed by atoms with van der Waals surface area (Å²) in [7, 11) is -0.359. The maximum atomic E-state index is 10.4. The molecular formula is C11H25NO5Si. The number of likely N-dealkylation sites (N-methyl/N-ethyl adjacent to an activating group) is 1. The van der Waals surface area contributed by atoms with Crippen molar-refractivity contribution < 1.29 is 24.5 Å². The zero-order valence-electron chi connectivity index (χ0n) is 11.4. The maximum Gasteiger partial charge on any atom is 0.317 e. The summed E-state index contributed by atoms with van der Waals surface area (Å²) in [5.74, 6) is -0.916. The molecule has 0 aromatic rings. The van der Waals surface area contributed by atoms with Crippen molar-refractivity contribution in [2.75, 3.05) is 33.4 Å². The largest absolute Gasteiger partial charge is 0.480 e. The number of carboxylic acids is 1. The summed E-state index contributed by atoms with van der Waals surface area (Å²) in [6.07, 6.45) is 0.0988. The number of hydrogen-bond acceptors (Lipinski definition) is 5. The molecule has 0 bridgehead atoms. The summed E-state index contributed by atoms with van der Waals surface area (Å²) in [4.78, 5) is 21.5. The van der Waals surface area contributed by atoms with E-state index in [1.807, 2.05) is 13.1 Å². The van der Waals surface area contributed by atoms with Crippen LogP contribution in [0, 0.1) is 0 Å². The average Bonchev–Trinajstić information content (AvgIpc) is 2.13. The predicted molar refractivity (Wildman–Crippen MR) is 71.1 cm³/mol. The Kier molecular flexibility index (Phi) is 8.37. The molecule has 0 aromatic carbocycles. The Bertz CT molecular complexity index is 244. The van der Waals surface area contributed by atoms with Crippen molar-refractivity contribution in [2.45, 2.75) is 31.7 Å². The number of rotatable bonds is 10. The molecule has 0 amide bonds. The minimum absolute atomic E-state index is 0.0959. The second kappa shape index (κ2) is 8.60. The van der Waals surface area contributed by atoms with Crippen molar-refractivity contribution in [2.24, 2.45) is 0 Å². The lowest BCUT2D eigenvalue weighted by molar-refractivity contribution is -0.138. The molecule has 0 aromatic heterocycles. The van der Waals surface area contributed by atoms with E-state index in [-0.39, 0.29) is 19.7 Å². The van der Waals surface area contributed by atoms with Crippen molar-refractivity contribution in [1.29, 1.82) is 0 Å². The first kappa shape index (κ1) is 17.5. The Hall–Kier alpha value is -0.473. The van der Waals surface area contributed by atoms with E-state index in [0.29, 0.717) is 6.61 Å². The molecule has 18 heavy (non-hydrogen) atoms. The summed E-state index contributed by atoms with van der Waals surface area (Å²) >= 11 is 0. The Balaban J connectivity index is 3.53. The van der Waals surface area contributed by atoms with Crippen LogP contribution in [0.3, 0.4) is 0 Å². The topological polar surface area (TPSA) is 90.2 Å². The number of hydrogen-bond donors (Lipinski definition) is 3. The lowest BCUT2D eigenvalue weighted by atomic mass is 10.3. The number of carboxylic acid groups (broad SMARTS) is 1. The maximum absolute atomic E-state index is 10.4. The number of aliphatic hydroxyl groups is 1. The number of aliphatic carboxylic acids is 1. The van der Waals surface area contributed by atoms with Gasteiger partial charge < -0.3 is 19.7 Å². The first-order valence-electron chi connectivity index (χ1n) is 6.09. The average molecular weight is 279 g/mol. The van der Waals surface area contributed by atoms with Crippen LogP contribution in [0.2, 0.25) is 19.1 Å². The molecule has 1 atom stereocenters. The molecule has 7 heteroatoms. The van der Waals surface area contributed by atoms with Gasteiger partial charge in [0.05, 0.1) is 19.3 Å². The third-order valence-corrected chi connectivity index (χ3v) is 3.89. The first-order valence-corrected chi connectivity index (χ1v) is 9.24. The van der Waals surface area contributed by atoms with Gasteiger partial charge in [0, 0.05) is 13.2 Å². The summed E-state index contributed by atoms with van der Waals surface area (Å²) in [6.45, 7) is 4.63. The van der Waals surface area contributed by atoms with Gasteiger partial charge in [-0.25, -0.2) is 0 Å². The van der Waals surface area contributed by atoms with E-state index in [2.05, 4.69) is 0 Å². The third-order valence-electron chi connectivity index (χ3n) is 2.32. The zero-order chi connectivity index (χ0) is 14.2. The van der Waals surface area contributed by atoms with Gasteiger partial charge in [-0.05, 0) is 32.6 Å². The highest BCUT2D eigenvalue weighted by molar-refractivity contribution is 6.69. The van der Waals surface area contributed by atoms with E-state index in [0.717, 1.165) is 12.5 Å². The molecule has 0 aliphatic carbocycles. The molecule has 6 nitrogen and oxygen atoms in total. The highest BCUT2D eigenvalue weighted by atomic mass is 28.4. The van der Waals surface area contributed by atoms with Gasteiger partial charge in [-0.3, -0.25) is 9.69 Å². The quantitative estimate of drug-likeness (QED) is 0.384. The van der Waals surface area contributed by atoms with Gasteiger partial charge >= 0.3 is 5.97 Å². The van der Waals surface area contributed by atoms with Gasteiger partial charge in [0.25, 0.3) is 0 Å². The van der Waals surface area contributed by atoms with Gasteiger partial charge in [-0.15, -0.1) is 0 Å². The Morgan fingerprint density at radius 3 is 2.56 bits per heavy atom. The van der Waals surface area contributed by atoms with E-state index >= 15 is 0 Å². The molecule has 0 radical (unpaired) electrons. The normalized spacial score (nSPS) is 13.9. The summed E-state index contributed by atoms with van der Waals surface area (Å²) in [5.41, 5.74) is 0. The third kappa shape index (κ3) is 12.0. The van der Waals surface area contributed by atoms with E-state index in [4.69, 9.17) is 9.84 Å². The van der Waals surface area contributed by atoms with Crippen molar-refractivity contribution in [1.82, 2.24) is 4.90 Å². The lowest BCUT2D eigenvalue weighted by Crippen LogP contribution is -2.35. The molecule has 0 saturated heterocycles. The summed E-state index contributed by atoms with van der Waals surface area (Å²) < 4.78 is 5.28. The van der Waals surface area contributed by atoms with Crippen molar-refractivity contribution in [3.8, 4) is 0 Å². The van der Waals surface area contributed by atoms with Crippen LogP contribution < -0.4 is 0 Å². The molecule has 3 N–H and O–H groups in total. The smallest absolute Gasteiger partial charge is 0.317 e. The fourth-order valence-corrected chi connectivity index (χ4v) is 2.54. The van der Waals surface area contributed by atoms with Gasteiger partial charge in [-0.2, -0.15) is 0 Å². The van der Waals surface area contributed by atoms with E-state index < -0.39 is 20.4 Å². The highest BCUT2D eigenvalue weighted by Gasteiger charge is 2.16. The van der Waals surface area contributed by atoms with Crippen LogP contribution in [-0.2, 0) is 9.53 Å². The molecule has 0 rings (SSSR count). The molecule has 0 spiro atoms. The van der Waals surface area contributed by atoms with Gasteiger partial charge in [-0.1, -0.05) is 0 Å². The minimum atomic E-state index is -1.99. The van der Waals surface area contributed by atoms with Crippen LogP contribution in [0.5, 0.6) is 0 Å². The van der Waals surface area contributed by atoms with Gasteiger partial charge in [0.2, 0.25) is 0 Å². The molecule has 0 aliphatic heterocycles. The number of carbonyl (C=O) groups is 1. The SMILES string of the molecule is CN(CC(=O)O)CC(O)COCCC[Si](C)(C)O. The number of ether oxygens (including phenoxy) is 1. The fraction of sp³-hybridized carbons (Fsp3) is 0.909. The second-order valence-electron chi connectivity index (χ2n) is 5.24. The van der Waals surface area contributed by atoms with Crippen LogP contribution >= 0.6 is 0 Å². The van der Waals surface area contributed by atoms with Gasteiger partial charge in [0.1, 0.15) is 0 Å². The first-order chi connectivity index (χ1) is 8.20. The van der Waals surface area contributed by atoms with Crippen molar-refractivity contribution in [3.05, 3.63) is 0 Å². The Morgan fingerprint density at radius 1 is 1.44 bits per heavy atom. The lowest BCUT2D eigenvalue weighted by Gasteiger charge is -2.19. The molecular weight excluding hydrogens is 254 g/mol. The van der Waals surface area contributed by atoms with E-state index in [1.54, 1.807) is 7.05 Å². The van der Waals surface area contributed by atoms with Crippen LogP contribution in [0.4, 0.5) is 0 Å². The molecule has 0 aliphatic rings. The number of aliphatic hydroxyl groups excluding tert-OH is 1. The van der Waals surface area contributed by atoms with Crippen LogP contribution in [-0.4, -0.2) is 73.7 Å².